The molecule has 0 bridgehead atoms. The van der Waals surface area contributed by atoms with Gasteiger partial charge in [-0.05, 0) is 12.1 Å². The van der Waals surface area contributed by atoms with Gasteiger partial charge in [0.05, 0.1) is 11.0 Å². The lowest BCUT2D eigenvalue weighted by Gasteiger charge is -2.00. The summed E-state index contributed by atoms with van der Waals surface area (Å²) < 4.78 is 1.35. The zero-order chi connectivity index (χ0) is 13.2. The molecule has 0 atom stereocenters. The number of nitrogens with two attached hydrogens (primary N) is 1. The van der Waals surface area contributed by atoms with Crippen molar-refractivity contribution in [3.63, 3.8) is 0 Å². The van der Waals surface area contributed by atoms with E-state index in [1.165, 1.54) is 11.0 Å². The topological polar surface area (TPSA) is 115 Å². The monoisotopic (exact) mass is 257 g/mol. The lowest BCUT2D eigenvalue weighted by atomic mass is 10.3. The number of aromatic nitrogens is 5. The van der Waals surface area contributed by atoms with Gasteiger partial charge in [0, 0.05) is 0 Å². The van der Waals surface area contributed by atoms with E-state index < -0.39 is 0 Å². The predicted molar refractivity (Wildman–Crippen MR) is 69.2 cm³/mol. The average Bonchev–Trinajstić information content (AvgIpc) is 2.94. The van der Waals surface area contributed by atoms with Gasteiger partial charge in [-0.3, -0.25) is 10.1 Å². The number of carbonyl (C=O) groups excluding carboxylic acids is 1. The summed E-state index contributed by atoms with van der Waals surface area (Å²) in [5.74, 6) is 0.278. The van der Waals surface area contributed by atoms with Crippen LogP contribution in [0.15, 0.2) is 30.6 Å². The van der Waals surface area contributed by atoms with Gasteiger partial charge in [-0.15, -0.1) is 5.10 Å². The summed E-state index contributed by atoms with van der Waals surface area (Å²) in [6, 6.07) is 7.52. The van der Waals surface area contributed by atoms with Gasteiger partial charge in [0.25, 0.3) is 0 Å². The van der Waals surface area contributed by atoms with Crippen molar-refractivity contribution < 1.29 is 4.79 Å². The van der Waals surface area contributed by atoms with Crippen molar-refractivity contribution in [1.82, 2.24) is 24.7 Å². The maximum absolute atomic E-state index is 11.8. The Morgan fingerprint density at radius 2 is 2.26 bits per heavy atom. The number of rotatable bonds is 3. The van der Waals surface area contributed by atoms with Gasteiger partial charge < -0.3 is 10.7 Å². The van der Waals surface area contributed by atoms with Crippen LogP contribution in [-0.2, 0) is 11.3 Å². The standard InChI is InChI=1S/C11H11N7O/c12-10-13-6-18(17-10)5-9(19)16-11-14-7-3-1-2-4-8(7)15-11/h1-4,6H,5H2,(H2,12,17)(H2,14,15,16,19). The van der Waals surface area contributed by atoms with E-state index in [0.717, 1.165) is 11.0 Å². The zero-order valence-corrected chi connectivity index (χ0v) is 9.87. The van der Waals surface area contributed by atoms with E-state index in [4.69, 9.17) is 5.73 Å². The van der Waals surface area contributed by atoms with Gasteiger partial charge in [0.1, 0.15) is 12.9 Å². The largest absolute Gasteiger partial charge is 0.367 e. The molecule has 0 fully saturated rings. The van der Waals surface area contributed by atoms with Crippen molar-refractivity contribution in [2.75, 3.05) is 11.1 Å². The molecular formula is C11H11N7O. The summed E-state index contributed by atoms with van der Waals surface area (Å²) in [6.07, 6.45) is 1.40. The van der Waals surface area contributed by atoms with E-state index >= 15 is 0 Å². The van der Waals surface area contributed by atoms with Gasteiger partial charge in [-0.2, -0.15) is 0 Å². The predicted octanol–water partition coefficient (Wildman–Crippen LogP) is 0.375. The van der Waals surface area contributed by atoms with E-state index in [1.807, 2.05) is 24.3 Å². The molecule has 0 saturated carbocycles. The molecule has 8 heteroatoms. The third-order valence-electron chi connectivity index (χ3n) is 2.51. The summed E-state index contributed by atoms with van der Waals surface area (Å²) in [7, 11) is 0. The van der Waals surface area contributed by atoms with E-state index in [9.17, 15) is 4.79 Å². The minimum Gasteiger partial charge on any atom is -0.367 e. The molecule has 0 unspecified atom stereocenters. The SMILES string of the molecule is Nc1ncn(CC(=O)Nc2nc3ccccc3[nH]2)n1. The fourth-order valence-corrected chi connectivity index (χ4v) is 1.72. The number of benzene rings is 1. The molecule has 19 heavy (non-hydrogen) atoms. The molecule has 1 amide bonds. The summed E-state index contributed by atoms with van der Waals surface area (Å²) in [4.78, 5) is 22.8. The highest BCUT2D eigenvalue weighted by molar-refractivity contribution is 5.90. The fourth-order valence-electron chi connectivity index (χ4n) is 1.72. The van der Waals surface area contributed by atoms with Crippen molar-refractivity contribution >= 4 is 28.8 Å². The van der Waals surface area contributed by atoms with Gasteiger partial charge >= 0.3 is 0 Å². The molecule has 96 valence electrons. The number of nitrogen functional groups attached to an aromatic ring is 1. The van der Waals surface area contributed by atoms with Gasteiger partial charge in [0.2, 0.25) is 17.8 Å². The molecule has 3 rings (SSSR count). The number of fused-ring (bicyclic) bond motifs is 1. The molecule has 0 aliphatic heterocycles. The second-order valence-electron chi connectivity index (χ2n) is 3.95. The molecule has 3 aromatic rings. The summed E-state index contributed by atoms with van der Waals surface area (Å²) in [6.45, 7) is 0.0290. The van der Waals surface area contributed by atoms with Crippen LogP contribution in [-0.4, -0.2) is 30.6 Å². The molecular weight excluding hydrogens is 246 g/mol. The van der Waals surface area contributed by atoms with Crippen LogP contribution in [0.2, 0.25) is 0 Å². The smallest absolute Gasteiger partial charge is 0.248 e. The maximum Gasteiger partial charge on any atom is 0.248 e. The minimum atomic E-state index is -0.260. The van der Waals surface area contributed by atoms with Crippen molar-refractivity contribution in [1.29, 1.82) is 0 Å². The van der Waals surface area contributed by atoms with Crippen molar-refractivity contribution in [2.45, 2.75) is 6.54 Å². The summed E-state index contributed by atoms with van der Waals surface area (Å²) in [5.41, 5.74) is 7.02. The number of imidazole rings is 1. The van der Waals surface area contributed by atoms with Crippen LogP contribution in [0.1, 0.15) is 0 Å². The molecule has 8 nitrogen and oxygen atoms in total. The fraction of sp³-hybridized carbons (Fsp3) is 0.0909. The Labute approximate surface area is 107 Å². The van der Waals surface area contributed by atoms with Crippen LogP contribution in [0, 0.1) is 0 Å². The second kappa shape index (κ2) is 4.41. The second-order valence-corrected chi connectivity index (χ2v) is 3.95. The molecule has 0 aliphatic carbocycles. The first-order chi connectivity index (χ1) is 9.20. The number of H-pyrrole nitrogens is 1. The van der Waals surface area contributed by atoms with Crippen LogP contribution < -0.4 is 11.1 Å². The first-order valence-electron chi connectivity index (χ1n) is 5.60. The van der Waals surface area contributed by atoms with E-state index in [2.05, 4.69) is 25.4 Å². The number of amides is 1. The van der Waals surface area contributed by atoms with Crippen molar-refractivity contribution in [3.05, 3.63) is 30.6 Å². The normalized spacial score (nSPS) is 10.7. The quantitative estimate of drug-likeness (QED) is 0.627. The lowest BCUT2D eigenvalue weighted by molar-refractivity contribution is -0.116. The number of nitrogens with one attached hydrogen (secondary N) is 2. The molecule has 2 aromatic heterocycles. The highest BCUT2D eigenvalue weighted by Gasteiger charge is 2.08. The van der Waals surface area contributed by atoms with Crippen molar-refractivity contribution in [3.8, 4) is 0 Å². The van der Waals surface area contributed by atoms with E-state index in [0.29, 0.717) is 5.95 Å². The average molecular weight is 257 g/mol. The number of hydrogen-bond acceptors (Lipinski definition) is 5. The highest BCUT2D eigenvalue weighted by atomic mass is 16.2. The Morgan fingerprint density at radius 3 is 3.00 bits per heavy atom. The highest BCUT2D eigenvalue weighted by Crippen LogP contribution is 2.13. The van der Waals surface area contributed by atoms with Gasteiger partial charge in [0.15, 0.2) is 0 Å². The molecule has 0 spiro atoms. The summed E-state index contributed by atoms with van der Waals surface area (Å²) >= 11 is 0. The Balaban J connectivity index is 1.72. The first-order valence-corrected chi connectivity index (χ1v) is 5.60. The van der Waals surface area contributed by atoms with Crippen LogP contribution >= 0.6 is 0 Å². The lowest BCUT2D eigenvalue weighted by Crippen LogP contribution is -2.19. The minimum absolute atomic E-state index is 0.0290. The van der Waals surface area contributed by atoms with Crippen LogP contribution in [0.5, 0.6) is 0 Å². The molecule has 0 radical (unpaired) electrons. The number of aromatic amines is 1. The maximum atomic E-state index is 11.8. The first kappa shape index (κ1) is 11.2. The Hall–Kier alpha value is -2.90. The number of carbonyl (C=O) groups is 1. The van der Waals surface area contributed by atoms with Crippen molar-refractivity contribution in [2.24, 2.45) is 0 Å². The third kappa shape index (κ3) is 2.37. The molecule has 1 aromatic carbocycles. The van der Waals surface area contributed by atoms with Gasteiger partial charge in [-0.1, -0.05) is 12.1 Å². The van der Waals surface area contributed by atoms with E-state index in [-0.39, 0.29) is 18.4 Å². The zero-order valence-electron chi connectivity index (χ0n) is 9.87. The van der Waals surface area contributed by atoms with E-state index in [1.54, 1.807) is 0 Å². The number of hydrogen-bond donors (Lipinski definition) is 3. The number of nitrogens with zero attached hydrogens (tertiary/aromatic N) is 4. The molecule has 4 N–H and O–H groups in total. The molecule has 0 saturated heterocycles. The summed E-state index contributed by atoms with van der Waals surface area (Å²) in [5, 5.41) is 6.48. The Bertz CT molecular complexity index is 696. The third-order valence-corrected chi connectivity index (χ3v) is 2.51. The van der Waals surface area contributed by atoms with Crippen LogP contribution in [0.25, 0.3) is 11.0 Å². The number of para-hydroxylation sites is 2. The Kier molecular flexibility index (Phi) is 2.60. The van der Waals surface area contributed by atoms with Crippen LogP contribution in [0.3, 0.4) is 0 Å². The van der Waals surface area contributed by atoms with Gasteiger partial charge in [-0.25, -0.2) is 14.6 Å². The molecule has 2 heterocycles. The van der Waals surface area contributed by atoms with Crippen LogP contribution in [0.4, 0.5) is 11.9 Å². The molecule has 0 aliphatic rings. The number of anilines is 2. The Morgan fingerprint density at radius 1 is 1.42 bits per heavy atom.